The first-order valence-electron chi connectivity index (χ1n) is 3.56. The minimum absolute atomic E-state index is 0.148. The molecule has 0 aliphatic carbocycles. The summed E-state index contributed by atoms with van der Waals surface area (Å²) in [5.74, 6) is 0.575. The van der Waals surface area contributed by atoms with Gasteiger partial charge in [-0.25, -0.2) is 0 Å². The Morgan fingerprint density at radius 2 is 2.27 bits per heavy atom. The molecule has 0 saturated carbocycles. The molecule has 11 heavy (non-hydrogen) atoms. The molecule has 0 atom stereocenters. The van der Waals surface area contributed by atoms with E-state index in [1.54, 1.807) is 0 Å². The fraction of sp³-hybridized carbons (Fsp3) is 0.222. The highest BCUT2D eigenvalue weighted by Crippen LogP contribution is 2.26. The monoisotopic (exact) mass is 148 g/mol. The van der Waals surface area contributed by atoms with Crippen molar-refractivity contribution in [1.82, 2.24) is 0 Å². The van der Waals surface area contributed by atoms with Crippen LogP contribution < -0.4 is 4.74 Å². The summed E-state index contributed by atoms with van der Waals surface area (Å²) in [5, 5.41) is 0. The van der Waals surface area contributed by atoms with E-state index in [2.05, 4.69) is 0 Å². The minimum atomic E-state index is -0.148. The number of ether oxygens (including phenoxy) is 1. The van der Waals surface area contributed by atoms with Crippen LogP contribution in [0.1, 0.15) is 11.1 Å². The van der Waals surface area contributed by atoms with Crippen LogP contribution in [0.25, 0.3) is 0 Å². The molecule has 0 bridgehead atoms. The van der Waals surface area contributed by atoms with Crippen molar-refractivity contribution in [3.8, 4) is 5.75 Å². The van der Waals surface area contributed by atoms with Gasteiger partial charge in [0.1, 0.15) is 5.75 Å². The van der Waals surface area contributed by atoms with Crippen molar-refractivity contribution >= 4 is 5.97 Å². The highest BCUT2D eigenvalue weighted by atomic mass is 16.5. The van der Waals surface area contributed by atoms with Crippen LogP contribution in [0.15, 0.2) is 18.2 Å². The molecule has 1 aromatic carbocycles. The van der Waals surface area contributed by atoms with Crippen LogP contribution >= 0.6 is 0 Å². The summed E-state index contributed by atoms with van der Waals surface area (Å²) >= 11 is 0. The highest BCUT2D eigenvalue weighted by Gasteiger charge is 2.19. The van der Waals surface area contributed by atoms with Crippen LogP contribution in [-0.4, -0.2) is 5.97 Å². The highest BCUT2D eigenvalue weighted by molar-refractivity contribution is 5.80. The van der Waals surface area contributed by atoms with Crippen LogP contribution in [0.5, 0.6) is 5.75 Å². The molecule has 1 aromatic rings. The molecule has 0 N–H and O–H groups in total. The van der Waals surface area contributed by atoms with Gasteiger partial charge >= 0.3 is 5.97 Å². The molecule has 2 nitrogen and oxygen atoms in total. The third-order valence-corrected chi connectivity index (χ3v) is 1.77. The summed E-state index contributed by atoms with van der Waals surface area (Å²) in [6, 6.07) is 5.77. The molecule has 56 valence electrons. The van der Waals surface area contributed by atoms with E-state index in [0.29, 0.717) is 6.42 Å². The number of benzene rings is 1. The van der Waals surface area contributed by atoms with E-state index in [4.69, 9.17) is 4.74 Å². The average Bonchev–Trinajstić information content (AvgIpc) is 2.27. The lowest BCUT2D eigenvalue weighted by molar-refractivity contribution is -0.131. The minimum Gasteiger partial charge on any atom is -0.426 e. The third kappa shape index (κ3) is 1.00. The standard InChI is InChI=1S/C9H8O2/c1-6-2-3-8-7(4-6)5-9(10)11-8/h2-4H,5H2,1H3. The van der Waals surface area contributed by atoms with E-state index in [9.17, 15) is 4.79 Å². The number of carbonyl (C=O) groups excluding carboxylic acids is 1. The van der Waals surface area contributed by atoms with Crippen LogP contribution in [0, 0.1) is 6.92 Å². The van der Waals surface area contributed by atoms with Gasteiger partial charge in [0.05, 0.1) is 6.42 Å². The number of carbonyl (C=O) groups is 1. The fourth-order valence-corrected chi connectivity index (χ4v) is 1.26. The van der Waals surface area contributed by atoms with Crippen molar-refractivity contribution < 1.29 is 9.53 Å². The molecule has 0 spiro atoms. The zero-order valence-corrected chi connectivity index (χ0v) is 6.26. The van der Waals surface area contributed by atoms with Gasteiger partial charge in [-0.1, -0.05) is 17.7 Å². The summed E-state index contributed by atoms with van der Waals surface area (Å²) in [4.78, 5) is 10.8. The van der Waals surface area contributed by atoms with Crippen LogP contribution in [0.3, 0.4) is 0 Å². The van der Waals surface area contributed by atoms with Crippen molar-refractivity contribution in [2.45, 2.75) is 13.3 Å². The summed E-state index contributed by atoms with van der Waals surface area (Å²) < 4.78 is 4.92. The second kappa shape index (κ2) is 2.09. The first-order valence-corrected chi connectivity index (χ1v) is 3.56. The number of esters is 1. The predicted octanol–water partition coefficient (Wildman–Crippen LogP) is 1.46. The largest absolute Gasteiger partial charge is 0.426 e. The molecule has 1 aliphatic rings. The number of rotatable bonds is 0. The maximum Gasteiger partial charge on any atom is 0.315 e. The topological polar surface area (TPSA) is 26.3 Å². The summed E-state index contributed by atoms with van der Waals surface area (Å²) in [5.41, 5.74) is 2.18. The van der Waals surface area contributed by atoms with Gasteiger partial charge in [0.25, 0.3) is 0 Å². The van der Waals surface area contributed by atoms with E-state index in [0.717, 1.165) is 11.3 Å². The van der Waals surface area contributed by atoms with Gasteiger partial charge in [-0.2, -0.15) is 0 Å². The number of hydrogen-bond donors (Lipinski definition) is 0. The zero-order chi connectivity index (χ0) is 7.84. The summed E-state index contributed by atoms with van der Waals surface area (Å²) in [7, 11) is 0. The lowest BCUT2D eigenvalue weighted by Gasteiger charge is -1.96. The molecule has 0 fully saturated rings. The molecule has 1 aliphatic heterocycles. The van der Waals surface area contributed by atoms with E-state index in [1.807, 2.05) is 25.1 Å². The third-order valence-electron chi connectivity index (χ3n) is 1.77. The second-order valence-corrected chi connectivity index (χ2v) is 2.76. The molecule has 2 rings (SSSR count). The van der Waals surface area contributed by atoms with Crippen molar-refractivity contribution in [2.24, 2.45) is 0 Å². The molecule has 0 unspecified atom stereocenters. The Morgan fingerprint density at radius 3 is 3.09 bits per heavy atom. The summed E-state index contributed by atoms with van der Waals surface area (Å²) in [6.45, 7) is 2.00. The van der Waals surface area contributed by atoms with Crippen LogP contribution in [0.4, 0.5) is 0 Å². The Kier molecular flexibility index (Phi) is 1.22. The molecule has 0 saturated heterocycles. The van der Waals surface area contributed by atoms with Crippen molar-refractivity contribution in [3.63, 3.8) is 0 Å². The van der Waals surface area contributed by atoms with E-state index >= 15 is 0 Å². The van der Waals surface area contributed by atoms with Gasteiger partial charge in [0, 0.05) is 5.56 Å². The van der Waals surface area contributed by atoms with Gasteiger partial charge in [0.2, 0.25) is 0 Å². The molecule has 1 heterocycles. The molecular weight excluding hydrogens is 140 g/mol. The smallest absolute Gasteiger partial charge is 0.315 e. The Labute approximate surface area is 64.8 Å². The normalized spacial score (nSPS) is 14.5. The molecule has 2 heteroatoms. The maximum absolute atomic E-state index is 10.8. The number of aryl methyl sites for hydroxylation is 1. The van der Waals surface area contributed by atoms with Crippen molar-refractivity contribution in [2.75, 3.05) is 0 Å². The lowest BCUT2D eigenvalue weighted by atomic mass is 10.1. The lowest BCUT2D eigenvalue weighted by Crippen LogP contribution is -1.99. The van der Waals surface area contributed by atoms with E-state index in [1.165, 1.54) is 5.56 Å². The fourth-order valence-electron chi connectivity index (χ4n) is 1.26. The summed E-state index contributed by atoms with van der Waals surface area (Å²) in [6.07, 6.45) is 0.428. The Bertz CT molecular complexity index is 315. The first-order chi connectivity index (χ1) is 5.25. The second-order valence-electron chi connectivity index (χ2n) is 2.76. The van der Waals surface area contributed by atoms with Gasteiger partial charge in [-0.3, -0.25) is 4.79 Å². The van der Waals surface area contributed by atoms with Crippen LogP contribution in [-0.2, 0) is 11.2 Å². The Balaban J connectivity index is 2.51. The Hall–Kier alpha value is -1.31. The quantitative estimate of drug-likeness (QED) is 0.411. The molecule has 0 aromatic heterocycles. The van der Waals surface area contributed by atoms with Gasteiger partial charge in [-0.05, 0) is 13.0 Å². The average molecular weight is 148 g/mol. The Morgan fingerprint density at radius 1 is 1.45 bits per heavy atom. The van der Waals surface area contributed by atoms with Gasteiger partial charge < -0.3 is 4.74 Å². The molecule has 0 radical (unpaired) electrons. The number of hydrogen-bond acceptors (Lipinski definition) is 2. The molecular formula is C9H8O2. The zero-order valence-electron chi connectivity index (χ0n) is 6.26. The first kappa shape index (κ1) is 6.40. The maximum atomic E-state index is 10.8. The van der Waals surface area contributed by atoms with Crippen LogP contribution in [0.2, 0.25) is 0 Å². The van der Waals surface area contributed by atoms with E-state index in [-0.39, 0.29) is 5.97 Å². The van der Waals surface area contributed by atoms with Crippen molar-refractivity contribution in [3.05, 3.63) is 29.3 Å². The van der Waals surface area contributed by atoms with Crippen molar-refractivity contribution in [1.29, 1.82) is 0 Å². The van der Waals surface area contributed by atoms with Gasteiger partial charge in [0.15, 0.2) is 0 Å². The SMILES string of the molecule is Cc1ccc2c(c1)CC(=O)O2. The number of fused-ring (bicyclic) bond motifs is 1. The predicted molar refractivity (Wildman–Crippen MR) is 40.5 cm³/mol. The van der Waals surface area contributed by atoms with E-state index < -0.39 is 0 Å². The molecule has 0 amide bonds. The van der Waals surface area contributed by atoms with Gasteiger partial charge in [-0.15, -0.1) is 0 Å².